The van der Waals surface area contributed by atoms with Gasteiger partial charge in [0.05, 0.1) is 12.6 Å². The van der Waals surface area contributed by atoms with Gasteiger partial charge in [-0.1, -0.05) is 0 Å². The highest BCUT2D eigenvalue weighted by molar-refractivity contribution is 6.01. The molecule has 1 aliphatic heterocycles. The Bertz CT molecular complexity index is 930. The molecule has 1 aliphatic rings. The number of carbonyl (C=O) groups excluding carboxylic acids is 1. The topological polar surface area (TPSA) is 82.0 Å². The van der Waals surface area contributed by atoms with E-state index in [0.29, 0.717) is 33.8 Å². The van der Waals surface area contributed by atoms with E-state index >= 15 is 0 Å². The number of carbonyl (C=O) groups is 1. The lowest BCUT2D eigenvalue weighted by Crippen LogP contribution is -2.18. The number of nitrogens with one attached hydrogen (secondary N) is 1. The summed E-state index contributed by atoms with van der Waals surface area (Å²) >= 11 is 0. The molecule has 0 atom stereocenters. The zero-order valence-electron chi connectivity index (χ0n) is 12.8. The molecular weight excluding hydrogens is 312 g/mol. The number of hydrogen-bond donors (Lipinski definition) is 2. The van der Waals surface area contributed by atoms with Crippen molar-refractivity contribution >= 4 is 22.6 Å². The standard InChI is InChI=1S/C17H14N2O5/c1-22-12-4-2-11(3-5-12)18-17(21)19-13-8-15-14(23-9-24-15)6-10(13)7-16(19)20/h2-8,20H,9H2,1H3,(H,18,21). The van der Waals surface area contributed by atoms with Crippen molar-refractivity contribution in [3.63, 3.8) is 0 Å². The van der Waals surface area contributed by atoms with Crippen LogP contribution in [0.5, 0.6) is 23.1 Å². The van der Waals surface area contributed by atoms with Crippen molar-refractivity contribution < 1.29 is 24.1 Å². The molecule has 122 valence electrons. The molecule has 1 aromatic heterocycles. The molecule has 2 heterocycles. The largest absolute Gasteiger partial charge is 0.497 e. The van der Waals surface area contributed by atoms with Crippen LogP contribution in [0, 0.1) is 0 Å². The number of rotatable bonds is 2. The molecule has 0 unspecified atom stereocenters. The summed E-state index contributed by atoms with van der Waals surface area (Å²) < 4.78 is 16.9. The van der Waals surface area contributed by atoms with Crippen LogP contribution in [0.1, 0.15) is 0 Å². The zero-order chi connectivity index (χ0) is 16.7. The van der Waals surface area contributed by atoms with E-state index in [1.54, 1.807) is 43.5 Å². The Morgan fingerprint density at radius 1 is 1.17 bits per heavy atom. The van der Waals surface area contributed by atoms with Crippen LogP contribution >= 0.6 is 0 Å². The minimum absolute atomic E-state index is 0.145. The van der Waals surface area contributed by atoms with Gasteiger partial charge in [-0.25, -0.2) is 9.36 Å². The van der Waals surface area contributed by atoms with Crippen LogP contribution in [0.2, 0.25) is 0 Å². The maximum absolute atomic E-state index is 12.6. The van der Waals surface area contributed by atoms with Crippen molar-refractivity contribution in [3.8, 4) is 23.1 Å². The monoisotopic (exact) mass is 326 g/mol. The fourth-order valence-corrected chi connectivity index (χ4v) is 2.65. The fourth-order valence-electron chi connectivity index (χ4n) is 2.65. The first-order chi connectivity index (χ1) is 11.7. The summed E-state index contributed by atoms with van der Waals surface area (Å²) in [6, 6.07) is 11.3. The number of ether oxygens (including phenoxy) is 3. The third kappa shape index (κ3) is 2.26. The van der Waals surface area contributed by atoms with E-state index in [1.165, 1.54) is 10.6 Å². The van der Waals surface area contributed by atoms with Gasteiger partial charge in [0.2, 0.25) is 6.79 Å². The lowest BCUT2D eigenvalue weighted by Gasteiger charge is -2.09. The molecule has 7 nitrogen and oxygen atoms in total. The number of aromatic nitrogens is 1. The van der Waals surface area contributed by atoms with E-state index in [1.807, 2.05) is 0 Å². The summed E-state index contributed by atoms with van der Waals surface area (Å²) in [7, 11) is 1.57. The van der Waals surface area contributed by atoms with Crippen molar-refractivity contribution in [2.24, 2.45) is 0 Å². The Hall–Kier alpha value is -3.35. The Morgan fingerprint density at radius 2 is 1.88 bits per heavy atom. The molecule has 2 aromatic carbocycles. The number of amides is 1. The van der Waals surface area contributed by atoms with Gasteiger partial charge in [-0.2, -0.15) is 0 Å². The van der Waals surface area contributed by atoms with Gasteiger partial charge in [-0.3, -0.25) is 0 Å². The number of hydrogen-bond acceptors (Lipinski definition) is 5. The number of methoxy groups -OCH3 is 1. The van der Waals surface area contributed by atoms with Crippen molar-refractivity contribution in [1.82, 2.24) is 4.57 Å². The maximum Gasteiger partial charge on any atom is 0.333 e. The molecule has 0 fully saturated rings. The van der Waals surface area contributed by atoms with Crippen molar-refractivity contribution in [3.05, 3.63) is 42.5 Å². The molecule has 0 aliphatic carbocycles. The summed E-state index contributed by atoms with van der Waals surface area (Å²) in [5.74, 6) is 1.66. The van der Waals surface area contributed by atoms with Crippen LogP contribution in [-0.4, -0.2) is 29.6 Å². The Labute approximate surface area is 137 Å². The van der Waals surface area contributed by atoms with E-state index < -0.39 is 6.03 Å². The van der Waals surface area contributed by atoms with Crippen LogP contribution < -0.4 is 19.5 Å². The fraction of sp³-hybridized carbons (Fsp3) is 0.118. The molecule has 2 N–H and O–H groups in total. The van der Waals surface area contributed by atoms with Gasteiger partial charge in [0.15, 0.2) is 17.4 Å². The third-order valence-corrected chi connectivity index (χ3v) is 3.82. The predicted molar refractivity (Wildman–Crippen MR) is 87.1 cm³/mol. The van der Waals surface area contributed by atoms with Crippen LogP contribution in [0.4, 0.5) is 10.5 Å². The molecule has 4 rings (SSSR count). The van der Waals surface area contributed by atoms with Gasteiger partial charge in [0.1, 0.15) is 5.75 Å². The maximum atomic E-state index is 12.6. The first-order valence-electron chi connectivity index (χ1n) is 7.25. The second kappa shape index (κ2) is 5.38. The van der Waals surface area contributed by atoms with Crippen LogP contribution in [-0.2, 0) is 0 Å². The van der Waals surface area contributed by atoms with Crippen LogP contribution in [0.3, 0.4) is 0 Å². The molecule has 0 saturated heterocycles. The smallest absolute Gasteiger partial charge is 0.333 e. The van der Waals surface area contributed by atoms with E-state index in [4.69, 9.17) is 14.2 Å². The third-order valence-electron chi connectivity index (χ3n) is 3.82. The summed E-state index contributed by atoms with van der Waals surface area (Å²) in [5.41, 5.74) is 1.12. The van der Waals surface area contributed by atoms with E-state index in [2.05, 4.69) is 5.32 Å². The minimum atomic E-state index is -0.480. The van der Waals surface area contributed by atoms with E-state index in [0.717, 1.165) is 0 Å². The van der Waals surface area contributed by atoms with Crippen molar-refractivity contribution in [2.75, 3.05) is 19.2 Å². The average molecular weight is 326 g/mol. The van der Waals surface area contributed by atoms with Crippen LogP contribution in [0.15, 0.2) is 42.5 Å². The molecule has 7 heteroatoms. The van der Waals surface area contributed by atoms with Gasteiger partial charge in [0.25, 0.3) is 0 Å². The molecular formula is C17H14N2O5. The molecule has 3 aromatic rings. The van der Waals surface area contributed by atoms with Gasteiger partial charge < -0.3 is 24.6 Å². The molecule has 1 amide bonds. The molecule has 0 saturated carbocycles. The Morgan fingerprint density at radius 3 is 2.58 bits per heavy atom. The summed E-state index contributed by atoms with van der Waals surface area (Å²) in [6.07, 6.45) is 0. The molecule has 0 spiro atoms. The molecule has 0 radical (unpaired) electrons. The Kier molecular flexibility index (Phi) is 3.19. The normalized spacial score (nSPS) is 12.4. The van der Waals surface area contributed by atoms with Crippen molar-refractivity contribution in [1.29, 1.82) is 0 Å². The highest BCUT2D eigenvalue weighted by Gasteiger charge is 2.20. The highest BCUT2D eigenvalue weighted by atomic mass is 16.7. The minimum Gasteiger partial charge on any atom is -0.497 e. The summed E-state index contributed by atoms with van der Waals surface area (Å²) in [5, 5.41) is 13.6. The molecule has 24 heavy (non-hydrogen) atoms. The lowest BCUT2D eigenvalue weighted by molar-refractivity contribution is 0.174. The average Bonchev–Trinajstić information content (AvgIpc) is 3.15. The first-order valence-corrected chi connectivity index (χ1v) is 7.25. The first kappa shape index (κ1) is 14.3. The van der Waals surface area contributed by atoms with E-state index in [9.17, 15) is 9.90 Å². The molecule has 0 bridgehead atoms. The number of anilines is 1. The zero-order valence-corrected chi connectivity index (χ0v) is 12.8. The van der Waals surface area contributed by atoms with Gasteiger partial charge >= 0.3 is 6.03 Å². The number of fused-ring (bicyclic) bond motifs is 2. The second-order valence-electron chi connectivity index (χ2n) is 5.26. The van der Waals surface area contributed by atoms with Gasteiger partial charge in [-0.05, 0) is 30.3 Å². The quantitative estimate of drug-likeness (QED) is 0.756. The summed E-state index contributed by atoms with van der Waals surface area (Å²) in [4.78, 5) is 12.6. The van der Waals surface area contributed by atoms with Gasteiger partial charge in [-0.15, -0.1) is 0 Å². The SMILES string of the molecule is COc1ccc(NC(=O)n2c(O)cc3cc4c(cc32)OCO4)cc1. The van der Waals surface area contributed by atoms with Crippen molar-refractivity contribution in [2.45, 2.75) is 0 Å². The Balaban J connectivity index is 1.69. The number of aromatic hydroxyl groups is 1. The second-order valence-corrected chi connectivity index (χ2v) is 5.26. The predicted octanol–water partition coefficient (Wildman–Crippen LogP) is 3.16. The summed E-state index contributed by atoms with van der Waals surface area (Å²) in [6.45, 7) is 0.145. The lowest BCUT2D eigenvalue weighted by atomic mass is 10.2. The number of benzene rings is 2. The number of nitrogens with zero attached hydrogens (tertiary/aromatic N) is 1. The highest BCUT2D eigenvalue weighted by Crippen LogP contribution is 2.38. The van der Waals surface area contributed by atoms with Crippen LogP contribution in [0.25, 0.3) is 10.9 Å². The van der Waals surface area contributed by atoms with E-state index in [-0.39, 0.29) is 12.7 Å². The van der Waals surface area contributed by atoms with Gasteiger partial charge in [0, 0.05) is 23.2 Å².